The average Bonchev–Trinajstić information content (AvgIpc) is 2.94. The van der Waals surface area contributed by atoms with Crippen LogP contribution in [0, 0.1) is 17.0 Å². The highest BCUT2D eigenvalue weighted by molar-refractivity contribution is 7.51. The molecule has 0 spiro atoms. The van der Waals surface area contributed by atoms with Crippen molar-refractivity contribution in [3.05, 3.63) is 58.1 Å². The molecule has 15 heteroatoms. The Kier molecular flexibility index (Phi) is 11.0. The zero-order chi connectivity index (χ0) is 32.1. The van der Waals surface area contributed by atoms with Crippen LogP contribution >= 0.6 is 30.8 Å². The van der Waals surface area contributed by atoms with Gasteiger partial charge in [0.05, 0.1) is 21.7 Å². The first-order valence-corrected chi connectivity index (χ1v) is 16.5. The third-order valence-electron chi connectivity index (χ3n) is 8.05. The monoisotopic (exact) mass is 677 g/mol. The van der Waals surface area contributed by atoms with Gasteiger partial charge in [-0.05, 0) is 68.2 Å². The van der Waals surface area contributed by atoms with E-state index in [1.165, 1.54) is 24.3 Å². The predicted molar refractivity (Wildman–Crippen MR) is 156 cm³/mol. The summed E-state index contributed by atoms with van der Waals surface area (Å²) in [5.41, 5.74) is -1.51. The summed E-state index contributed by atoms with van der Waals surface area (Å²) in [6.45, 7) is -0.752. The Labute approximate surface area is 262 Å². The van der Waals surface area contributed by atoms with Crippen molar-refractivity contribution in [3.63, 3.8) is 0 Å². The van der Waals surface area contributed by atoms with Crippen molar-refractivity contribution in [1.29, 1.82) is 0 Å². The first-order chi connectivity index (χ1) is 20.7. The summed E-state index contributed by atoms with van der Waals surface area (Å²) in [5.74, 6) is -2.59. The van der Waals surface area contributed by atoms with Gasteiger partial charge in [-0.15, -0.1) is 0 Å². The third-order valence-corrected chi connectivity index (χ3v) is 9.57. The highest BCUT2D eigenvalue weighted by Gasteiger charge is 2.57. The topological polar surface area (TPSA) is 148 Å². The van der Waals surface area contributed by atoms with Crippen molar-refractivity contribution in [3.8, 4) is 11.5 Å². The maximum absolute atomic E-state index is 13.8. The number of hydrogen-bond donors (Lipinski definition) is 3. The second-order valence-electron chi connectivity index (χ2n) is 11.3. The summed E-state index contributed by atoms with van der Waals surface area (Å²) in [4.78, 5) is 56.9. The van der Waals surface area contributed by atoms with Gasteiger partial charge in [-0.1, -0.05) is 23.2 Å². The van der Waals surface area contributed by atoms with Gasteiger partial charge in [-0.25, -0.2) is 8.78 Å². The summed E-state index contributed by atoms with van der Waals surface area (Å²) < 4.78 is 55.4. The standard InChI is InChI=1S/C29H32Cl2F2NO9P/c30-21-5-3-19(12-23(21)32)41-16-18(35)14-28-7-9-29(10-8-28,25(15-28)43-27(37)2-1-11-44(38,39)40)34-26(36)17-42-20-4-6-22(31)24(33)13-20/h3-6,12-13,25H,1-2,7-11,14-17H2,(H,34,36)(H2,38,39,40)/t25-,28?,29?/m0/s1. The number of rotatable bonds is 14. The lowest BCUT2D eigenvalue weighted by Crippen LogP contribution is -2.66. The summed E-state index contributed by atoms with van der Waals surface area (Å²) in [6, 6.07) is 7.62. The number of benzene rings is 2. The smallest absolute Gasteiger partial charge is 0.325 e. The van der Waals surface area contributed by atoms with Gasteiger partial charge in [0, 0.05) is 25.0 Å². The molecule has 0 aliphatic heterocycles. The van der Waals surface area contributed by atoms with Crippen LogP contribution in [0.25, 0.3) is 0 Å². The van der Waals surface area contributed by atoms with Crippen LogP contribution in [-0.4, -0.2) is 58.5 Å². The number of nitrogens with one attached hydrogen (secondary N) is 1. The van der Waals surface area contributed by atoms with Gasteiger partial charge in [-0.2, -0.15) is 0 Å². The minimum Gasteiger partial charge on any atom is -0.486 e. The maximum Gasteiger partial charge on any atom is 0.325 e. The number of hydrogen-bond acceptors (Lipinski definition) is 7. The van der Waals surface area contributed by atoms with E-state index < -0.39 is 60.9 Å². The summed E-state index contributed by atoms with van der Waals surface area (Å²) >= 11 is 11.4. The van der Waals surface area contributed by atoms with Crippen molar-refractivity contribution in [2.24, 2.45) is 5.41 Å². The second-order valence-corrected chi connectivity index (χ2v) is 13.9. The molecule has 0 saturated heterocycles. The van der Waals surface area contributed by atoms with Gasteiger partial charge in [-0.3, -0.25) is 18.9 Å². The average molecular weight is 678 g/mol. The highest BCUT2D eigenvalue weighted by atomic mass is 35.5. The third kappa shape index (κ3) is 9.14. The minimum absolute atomic E-state index is 0.0738. The van der Waals surface area contributed by atoms with E-state index in [1.807, 2.05) is 0 Å². The molecule has 0 heterocycles. The zero-order valence-electron chi connectivity index (χ0n) is 23.5. The zero-order valence-corrected chi connectivity index (χ0v) is 25.9. The van der Waals surface area contributed by atoms with Crippen LogP contribution < -0.4 is 14.8 Å². The number of ether oxygens (including phenoxy) is 3. The SMILES string of the molecule is O=C(COc1ccc(Cl)c(F)c1)CC12CCC(NC(=O)COc3ccc(Cl)c(F)c3)(CC1)[C@@H](OC(=O)CCCP(=O)(O)O)C2. The van der Waals surface area contributed by atoms with Crippen LogP contribution in [0.2, 0.25) is 10.0 Å². The molecule has 5 rings (SSSR count). The number of ketones is 1. The Bertz CT molecular complexity index is 1450. The largest absolute Gasteiger partial charge is 0.486 e. The maximum atomic E-state index is 13.8. The first-order valence-electron chi connectivity index (χ1n) is 13.9. The van der Waals surface area contributed by atoms with E-state index in [2.05, 4.69) is 5.32 Å². The number of esters is 1. The Morgan fingerprint density at radius 2 is 1.50 bits per heavy atom. The molecule has 0 aromatic heterocycles. The van der Waals surface area contributed by atoms with Crippen LogP contribution in [0.15, 0.2) is 36.4 Å². The predicted octanol–water partition coefficient (Wildman–Crippen LogP) is 5.38. The molecule has 2 aromatic rings. The Balaban J connectivity index is 1.41. The van der Waals surface area contributed by atoms with E-state index in [9.17, 15) is 27.7 Å². The fraction of sp³-hybridized carbons (Fsp3) is 0.483. The minimum atomic E-state index is -4.29. The summed E-state index contributed by atoms with van der Waals surface area (Å²) in [5, 5.41) is 2.77. The molecular weight excluding hydrogens is 646 g/mol. The molecule has 0 unspecified atom stereocenters. The number of carbonyl (C=O) groups is 3. The number of Topliss-reactive ketones (excluding diaryl/α,β-unsaturated/α-hetero) is 1. The molecular formula is C29H32Cl2F2NO9P. The molecule has 3 N–H and O–H groups in total. The van der Waals surface area contributed by atoms with Crippen LogP contribution in [0.4, 0.5) is 8.78 Å². The van der Waals surface area contributed by atoms with E-state index >= 15 is 0 Å². The van der Waals surface area contributed by atoms with Crippen LogP contribution in [0.5, 0.6) is 11.5 Å². The molecule has 10 nitrogen and oxygen atoms in total. The fourth-order valence-electron chi connectivity index (χ4n) is 5.83. The summed E-state index contributed by atoms with van der Waals surface area (Å²) in [6.07, 6.45) is 0.537. The van der Waals surface area contributed by atoms with Crippen molar-refractivity contribution >= 4 is 48.5 Å². The molecule has 1 atom stereocenters. The lowest BCUT2D eigenvalue weighted by Gasteiger charge is -2.57. The van der Waals surface area contributed by atoms with E-state index in [0.717, 1.165) is 12.1 Å². The second kappa shape index (κ2) is 14.1. The van der Waals surface area contributed by atoms with Gasteiger partial charge in [0.1, 0.15) is 35.8 Å². The number of halogens is 4. The molecule has 240 valence electrons. The molecule has 44 heavy (non-hydrogen) atoms. The molecule has 3 aliphatic carbocycles. The Morgan fingerprint density at radius 3 is 2.05 bits per heavy atom. The van der Waals surface area contributed by atoms with Crippen LogP contribution in [-0.2, 0) is 23.7 Å². The van der Waals surface area contributed by atoms with E-state index in [-0.39, 0.29) is 59.6 Å². The van der Waals surface area contributed by atoms with E-state index in [0.29, 0.717) is 25.7 Å². The molecule has 3 aliphatic rings. The van der Waals surface area contributed by atoms with Crippen LogP contribution in [0.3, 0.4) is 0 Å². The Morgan fingerprint density at radius 1 is 0.932 bits per heavy atom. The molecule has 0 radical (unpaired) electrons. The molecule has 1 amide bonds. The number of fused-ring (bicyclic) bond motifs is 3. The molecule has 3 saturated carbocycles. The van der Waals surface area contributed by atoms with Gasteiger partial charge >= 0.3 is 13.6 Å². The van der Waals surface area contributed by atoms with E-state index in [1.54, 1.807) is 0 Å². The quantitative estimate of drug-likeness (QED) is 0.177. The first kappa shape index (κ1) is 34.1. The van der Waals surface area contributed by atoms with Crippen molar-refractivity contribution < 1.29 is 51.7 Å². The highest BCUT2D eigenvalue weighted by Crippen LogP contribution is 2.55. The Hall–Kier alpha value is -2.76. The van der Waals surface area contributed by atoms with Crippen molar-refractivity contribution in [2.75, 3.05) is 19.4 Å². The lowest BCUT2D eigenvalue weighted by atomic mass is 9.54. The normalized spacial score (nSPS) is 22.7. The number of carbonyl (C=O) groups excluding carboxylic acids is 3. The van der Waals surface area contributed by atoms with Crippen molar-refractivity contribution in [2.45, 2.75) is 63.0 Å². The van der Waals surface area contributed by atoms with Crippen molar-refractivity contribution in [1.82, 2.24) is 5.32 Å². The molecule has 2 aromatic carbocycles. The van der Waals surface area contributed by atoms with Crippen LogP contribution in [0.1, 0.15) is 51.4 Å². The number of amides is 1. The fourth-order valence-corrected chi connectivity index (χ4v) is 6.63. The molecule has 3 fully saturated rings. The lowest BCUT2D eigenvalue weighted by molar-refractivity contribution is -0.171. The molecule has 2 bridgehead atoms. The van der Waals surface area contributed by atoms with Gasteiger partial charge in [0.2, 0.25) is 0 Å². The van der Waals surface area contributed by atoms with Gasteiger partial charge in [0.15, 0.2) is 12.4 Å². The van der Waals surface area contributed by atoms with E-state index in [4.69, 9.17) is 47.2 Å². The van der Waals surface area contributed by atoms with Gasteiger partial charge in [0.25, 0.3) is 5.91 Å². The van der Waals surface area contributed by atoms with Gasteiger partial charge < -0.3 is 29.3 Å². The summed E-state index contributed by atoms with van der Waals surface area (Å²) in [7, 11) is -4.29.